The van der Waals surface area contributed by atoms with Crippen molar-refractivity contribution < 1.29 is 19.8 Å². The van der Waals surface area contributed by atoms with Crippen molar-refractivity contribution in [2.45, 2.75) is 6.10 Å². The highest BCUT2D eigenvalue weighted by molar-refractivity contribution is 6.07. The van der Waals surface area contributed by atoms with E-state index < -0.39 is 18.0 Å². The Morgan fingerprint density at radius 3 is 2.53 bits per heavy atom. The standard InChI is InChI=1S/C14H13NO4/c16-12(14(18)19)8-15-13(17)11-7-3-5-9-4-1-2-6-10(9)11/h1-7,12,16H,8H2,(H,15,17)(H,18,19)/t12-/m0/s1. The lowest BCUT2D eigenvalue weighted by Gasteiger charge is -2.09. The highest BCUT2D eigenvalue weighted by atomic mass is 16.4. The molecule has 1 atom stereocenters. The number of fused-ring (bicyclic) bond motifs is 1. The summed E-state index contributed by atoms with van der Waals surface area (Å²) in [4.78, 5) is 22.4. The highest BCUT2D eigenvalue weighted by Gasteiger charge is 2.15. The molecule has 2 rings (SSSR count). The van der Waals surface area contributed by atoms with Crippen molar-refractivity contribution in [1.29, 1.82) is 0 Å². The van der Waals surface area contributed by atoms with Crippen LogP contribution in [0, 0.1) is 0 Å². The number of nitrogens with one attached hydrogen (secondary N) is 1. The first kappa shape index (κ1) is 13.0. The maximum Gasteiger partial charge on any atom is 0.334 e. The molecule has 1 amide bonds. The molecular weight excluding hydrogens is 246 g/mol. The molecule has 0 aliphatic heterocycles. The van der Waals surface area contributed by atoms with Crippen molar-refractivity contribution in [3.8, 4) is 0 Å². The Balaban J connectivity index is 2.20. The average Bonchev–Trinajstić information content (AvgIpc) is 2.43. The molecule has 2 aromatic rings. The van der Waals surface area contributed by atoms with E-state index in [1.807, 2.05) is 30.3 Å². The van der Waals surface area contributed by atoms with Crippen molar-refractivity contribution >= 4 is 22.6 Å². The second kappa shape index (κ2) is 5.49. The molecule has 0 radical (unpaired) electrons. The zero-order valence-electron chi connectivity index (χ0n) is 10.0. The molecule has 5 heteroatoms. The predicted octanol–water partition coefficient (Wildman–Crippen LogP) is 1.02. The van der Waals surface area contributed by atoms with E-state index in [0.717, 1.165) is 10.8 Å². The number of hydrogen-bond acceptors (Lipinski definition) is 3. The number of carbonyl (C=O) groups excluding carboxylic acids is 1. The summed E-state index contributed by atoms with van der Waals surface area (Å²) in [5.41, 5.74) is 0.454. The van der Waals surface area contributed by atoms with Gasteiger partial charge in [0.1, 0.15) is 0 Å². The molecule has 5 nitrogen and oxygen atoms in total. The van der Waals surface area contributed by atoms with Crippen LogP contribution in [0.3, 0.4) is 0 Å². The number of carboxylic acid groups (broad SMARTS) is 1. The Bertz CT molecular complexity index is 618. The van der Waals surface area contributed by atoms with Crippen LogP contribution in [0.15, 0.2) is 42.5 Å². The fraction of sp³-hybridized carbons (Fsp3) is 0.143. The van der Waals surface area contributed by atoms with Gasteiger partial charge in [-0.1, -0.05) is 36.4 Å². The first-order chi connectivity index (χ1) is 9.09. The van der Waals surface area contributed by atoms with Crippen molar-refractivity contribution in [2.75, 3.05) is 6.54 Å². The highest BCUT2D eigenvalue weighted by Crippen LogP contribution is 2.18. The number of rotatable bonds is 4. The van der Waals surface area contributed by atoms with E-state index in [0.29, 0.717) is 5.56 Å². The van der Waals surface area contributed by atoms with E-state index in [1.165, 1.54) is 0 Å². The number of carboxylic acids is 1. The zero-order chi connectivity index (χ0) is 13.8. The Kier molecular flexibility index (Phi) is 3.77. The molecule has 0 aliphatic rings. The van der Waals surface area contributed by atoms with E-state index in [4.69, 9.17) is 10.2 Å². The summed E-state index contributed by atoms with van der Waals surface area (Å²) in [5.74, 6) is -1.77. The first-order valence-corrected chi connectivity index (χ1v) is 5.76. The lowest BCUT2D eigenvalue weighted by Crippen LogP contribution is -2.36. The average molecular weight is 259 g/mol. The number of carbonyl (C=O) groups is 2. The van der Waals surface area contributed by atoms with Gasteiger partial charge in [0.25, 0.3) is 5.91 Å². The topological polar surface area (TPSA) is 86.6 Å². The SMILES string of the molecule is O=C(NC[C@H](O)C(=O)O)c1cccc2ccccc12. The fourth-order valence-corrected chi connectivity index (χ4v) is 1.80. The van der Waals surface area contributed by atoms with Crippen molar-refractivity contribution in [2.24, 2.45) is 0 Å². The molecule has 0 saturated carbocycles. The van der Waals surface area contributed by atoms with Crippen LogP contribution in [0.2, 0.25) is 0 Å². The van der Waals surface area contributed by atoms with Gasteiger partial charge in [0, 0.05) is 5.56 Å². The number of aliphatic carboxylic acids is 1. The Morgan fingerprint density at radius 1 is 1.11 bits per heavy atom. The van der Waals surface area contributed by atoms with Crippen LogP contribution in [0.1, 0.15) is 10.4 Å². The summed E-state index contributed by atoms with van der Waals surface area (Å²) < 4.78 is 0. The molecule has 0 fully saturated rings. The van der Waals surface area contributed by atoms with Gasteiger partial charge in [-0.3, -0.25) is 4.79 Å². The molecule has 0 spiro atoms. The summed E-state index contributed by atoms with van der Waals surface area (Å²) in [6.07, 6.45) is -1.60. The molecule has 0 aliphatic carbocycles. The second-order valence-corrected chi connectivity index (χ2v) is 4.09. The molecule has 0 heterocycles. The molecule has 0 bridgehead atoms. The summed E-state index contributed by atoms with van der Waals surface area (Å²) in [6, 6.07) is 12.7. The minimum atomic E-state index is -1.60. The van der Waals surface area contributed by atoms with Crippen LogP contribution in [0.4, 0.5) is 0 Å². The third kappa shape index (κ3) is 2.89. The van der Waals surface area contributed by atoms with Crippen molar-refractivity contribution in [3.63, 3.8) is 0 Å². The van der Waals surface area contributed by atoms with Gasteiger partial charge < -0.3 is 15.5 Å². The van der Waals surface area contributed by atoms with Crippen LogP contribution in [0.25, 0.3) is 10.8 Å². The summed E-state index contributed by atoms with van der Waals surface area (Å²) in [6.45, 7) is -0.322. The quantitative estimate of drug-likeness (QED) is 0.765. The lowest BCUT2D eigenvalue weighted by atomic mass is 10.0. The summed E-state index contributed by atoms with van der Waals surface area (Å²) in [7, 11) is 0. The van der Waals surface area contributed by atoms with Gasteiger partial charge in [0.05, 0.1) is 6.54 Å². The van der Waals surface area contributed by atoms with Gasteiger partial charge >= 0.3 is 5.97 Å². The molecule has 2 aromatic carbocycles. The zero-order valence-corrected chi connectivity index (χ0v) is 10.0. The smallest absolute Gasteiger partial charge is 0.334 e. The Labute approximate surface area is 109 Å². The number of hydrogen-bond donors (Lipinski definition) is 3. The van der Waals surface area contributed by atoms with Crippen LogP contribution in [-0.4, -0.2) is 34.7 Å². The van der Waals surface area contributed by atoms with Gasteiger partial charge in [0.15, 0.2) is 6.10 Å². The van der Waals surface area contributed by atoms with Crippen molar-refractivity contribution in [3.05, 3.63) is 48.0 Å². The van der Waals surface area contributed by atoms with Gasteiger partial charge in [-0.2, -0.15) is 0 Å². The minimum absolute atomic E-state index is 0.322. The number of benzene rings is 2. The Hall–Kier alpha value is -2.40. The van der Waals surface area contributed by atoms with Gasteiger partial charge in [-0.25, -0.2) is 4.79 Å². The molecule has 19 heavy (non-hydrogen) atoms. The number of aliphatic hydroxyl groups is 1. The van der Waals surface area contributed by atoms with Gasteiger partial charge in [-0.05, 0) is 16.8 Å². The van der Waals surface area contributed by atoms with E-state index in [1.54, 1.807) is 12.1 Å². The molecular formula is C14H13NO4. The molecule has 0 saturated heterocycles. The Morgan fingerprint density at radius 2 is 1.79 bits per heavy atom. The van der Waals surface area contributed by atoms with Crippen LogP contribution >= 0.6 is 0 Å². The number of aliphatic hydroxyl groups excluding tert-OH is 1. The minimum Gasteiger partial charge on any atom is -0.479 e. The maximum absolute atomic E-state index is 12.0. The molecule has 0 aromatic heterocycles. The van der Waals surface area contributed by atoms with Crippen LogP contribution < -0.4 is 5.32 Å². The fourth-order valence-electron chi connectivity index (χ4n) is 1.80. The van der Waals surface area contributed by atoms with E-state index in [-0.39, 0.29) is 6.54 Å². The molecule has 98 valence electrons. The lowest BCUT2D eigenvalue weighted by molar-refractivity contribution is -0.146. The maximum atomic E-state index is 12.0. The predicted molar refractivity (Wildman–Crippen MR) is 69.9 cm³/mol. The van der Waals surface area contributed by atoms with Gasteiger partial charge in [-0.15, -0.1) is 0 Å². The normalized spacial score (nSPS) is 12.1. The number of amides is 1. The third-order valence-electron chi connectivity index (χ3n) is 2.78. The molecule has 0 unspecified atom stereocenters. The van der Waals surface area contributed by atoms with Crippen LogP contribution in [-0.2, 0) is 4.79 Å². The van der Waals surface area contributed by atoms with E-state index in [2.05, 4.69) is 5.32 Å². The van der Waals surface area contributed by atoms with Crippen LogP contribution in [0.5, 0.6) is 0 Å². The van der Waals surface area contributed by atoms with Gasteiger partial charge in [0.2, 0.25) is 0 Å². The second-order valence-electron chi connectivity index (χ2n) is 4.09. The summed E-state index contributed by atoms with van der Waals surface area (Å²) in [5, 5.41) is 21.8. The summed E-state index contributed by atoms with van der Waals surface area (Å²) >= 11 is 0. The monoisotopic (exact) mass is 259 g/mol. The first-order valence-electron chi connectivity index (χ1n) is 5.76. The largest absolute Gasteiger partial charge is 0.479 e. The van der Waals surface area contributed by atoms with Crippen molar-refractivity contribution in [1.82, 2.24) is 5.32 Å². The molecule has 3 N–H and O–H groups in total. The van der Waals surface area contributed by atoms with E-state index in [9.17, 15) is 9.59 Å². The van der Waals surface area contributed by atoms with E-state index >= 15 is 0 Å². The third-order valence-corrected chi connectivity index (χ3v) is 2.78.